The largest absolute Gasteiger partial charge is 0.459 e. The molecular formula is C16H20N2O2S. The number of nitrogens with zero attached hydrogens (tertiary/aromatic N) is 1. The Morgan fingerprint density at radius 3 is 2.52 bits per heavy atom. The molecule has 1 aromatic carbocycles. The highest BCUT2D eigenvalue weighted by molar-refractivity contribution is 7.80. The third-order valence-corrected chi connectivity index (χ3v) is 3.84. The molecule has 1 heterocycles. The van der Waals surface area contributed by atoms with Crippen molar-refractivity contribution < 1.29 is 9.53 Å². The van der Waals surface area contributed by atoms with Crippen molar-refractivity contribution in [1.82, 2.24) is 10.2 Å². The van der Waals surface area contributed by atoms with E-state index >= 15 is 0 Å². The minimum absolute atomic E-state index is 0.159. The molecule has 0 fully saturated rings. The summed E-state index contributed by atoms with van der Waals surface area (Å²) in [6.45, 7) is 5.58. The first-order valence-electron chi connectivity index (χ1n) is 6.92. The normalized spacial score (nSPS) is 18.8. The summed E-state index contributed by atoms with van der Waals surface area (Å²) in [5, 5.41) is 3.82. The number of allylic oxidation sites excluding steroid dienone is 1. The van der Waals surface area contributed by atoms with Gasteiger partial charge in [0, 0.05) is 12.7 Å². The van der Waals surface area contributed by atoms with Crippen LogP contribution < -0.4 is 5.32 Å². The van der Waals surface area contributed by atoms with Crippen LogP contribution in [0.3, 0.4) is 0 Å². The summed E-state index contributed by atoms with van der Waals surface area (Å²) in [7, 11) is 1.84. The van der Waals surface area contributed by atoms with E-state index in [1.807, 2.05) is 58.2 Å². The van der Waals surface area contributed by atoms with Crippen molar-refractivity contribution in [3.05, 3.63) is 47.2 Å². The number of rotatable bonds is 3. The van der Waals surface area contributed by atoms with E-state index < -0.39 is 0 Å². The summed E-state index contributed by atoms with van der Waals surface area (Å²) in [4.78, 5) is 14.3. The first kappa shape index (κ1) is 15.5. The Morgan fingerprint density at radius 1 is 1.33 bits per heavy atom. The fourth-order valence-corrected chi connectivity index (χ4v) is 2.53. The minimum atomic E-state index is -0.307. The quantitative estimate of drug-likeness (QED) is 0.687. The second-order valence-electron chi connectivity index (χ2n) is 5.31. The van der Waals surface area contributed by atoms with Gasteiger partial charge in [-0.25, -0.2) is 4.79 Å². The van der Waals surface area contributed by atoms with Crippen LogP contribution in [0.25, 0.3) is 0 Å². The zero-order chi connectivity index (χ0) is 15.6. The van der Waals surface area contributed by atoms with Crippen LogP contribution in [0, 0.1) is 0 Å². The monoisotopic (exact) mass is 304 g/mol. The third kappa shape index (κ3) is 3.24. The SMILES string of the molecule is CC1=C(C(=O)OC(C)C)[C@@H](c2ccccc2)NC(=S)N1C. The van der Waals surface area contributed by atoms with Crippen LogP contribution in [-0.4, -0.2) is 29.1 Å². The van der Waals surface area contributed by atoms with Crippen molar-refractivity contribution >= 4 is 23.3 Å². The molecule has 0 bridgehead atoms. The van der Waals surface area contributed by atoms with Gasteiger partial charge in [-0.1, -0.05) is 30.3 Å². The summed E-state index contributed by atoms with van der Waals surface area (Å²) in [5.74, 6) is -0.307. The lowest BCUT2D eigenvalue weighted by Gasteiger charge is -2.35. The number of carbonyl (C=O) groups is 1. The van der Waals surface area contributed by atoms with Gasteiger partial charge in [0.25, 0.3) is 0 Å². The smallest absolute Gasteiger partial charge is 0.338 e. The van der Waals surface area contributed by atoms with Gasteiger partial charge in [-0.15, -0.1) is 0 Å². The minimum Gasteiger partial charge on any atom is -0.459 e. The maximum atomic E-state index is 12.5. The van der Waals surface area contributed by atoms with Crippen LogP contribution in [0.4, 0.5) is 0 Å². The molecule has 0 aliphatic carbocycles. The van der Waals surface area contributed by atoms with Crippen LogP contribution >= 0.6 is 12.2 Å². The van der Waals surface area contributed by atoms with Gasteiger partial charge in [0.2, 0.25) is 0 Å². The molecule has 4 nitrogen and oxygen atoms in total. The van der Waals surface area contributed by atoms with Gasteiger partial charge >= 0.3 is 5.97 Å². The van der Waals surface area contributed by atoms with Crippen LogP contribution in [0.15, 0.2) is 41.6 Å². The van der Waals surface area contributed by atoms with Gasteiger partial charge in [-0.05, 0) is 38.6 Å². The van der Waals surface area contributed by atoms with E-state index in [4.69, 9.17) is 17.0 Å². The van der Waals surface area contributed by atoms with Crippen molar-refractivity contribution in [1.29, 1.82) is 0 Å². The number of hydrogen-bond donors (Lipinski definition) is 1. The Morgan fingerprint density at radius 2 is 1.95 bits per heavy atom. The van der Waals surface area contributed by atoms with E-state index in [0.717, 1.165) is 11.3 Å². The van der Waals surface area contributed by atoms with Crippen LogP contribution in [0.2, 0.25) is 0 Å². The third-order valence-electron chi connectivity index (χ3n) is 3.45. The molecule has 0 amide bonds. The topological polar surface area (TPSA) is 41.6 Å². The molecule has 0 unspecified atom stereocenters. The standard InChI is InChI=1S/C16H20N2O2S/c1-10(2)20-15(19)13-11(3)18(4)16(21)17-14(13)12-8-6-5-7-9-12/h5-10,14H,1-4H3,(H,17,21)/t14-/m1/s1. The van der Waals surface area contributed by atoms with Crippen molar-refractivity contribution in [3.8, 4) is 0 Å². The maximum absolute atomic E-state index is 12.5. The molecule has 0 spiro atoms. The molecule has 21 heavy (non-hydrogen) atoms. The Hall–Kier alpha value is -1.88. The molecule has 1 aromatic rings. The molecule has 0 radical (unpaired) electrons. The highest BCUT2D eigenvalue weighted by atomic mass is 32.1. The molecule has 1 aliphatic heterocycles. The number of hydrogen-bond acceptors (Lipinski definition) is 3. The first-order valence-corrected chi connectivity index (χ1v) is 7.33. The van der Waals surface area contributed by atoms with Crippen LogP contribution in [-0.2, 0) is 9.53 Å². The van der Waals surface area contributed by atoms with Gasteiger partial charge in [-0.2, -0.15) is 0 Å². The Labute approximate surface area is 130 Å². The van der Waals surface area contributed by atoms with Crippen molar-refractivity contribution in [2.24, 2.45) is 0 Å². The van der Waals surface area contributed by atoms with E-state index in [2.05, 4.69) is 5.32 Å². The fraction of sp³-hybridized carbons (Fsp3) is 0.375. The number of carbonyl (C=O) groups excluding carboxylic acids is 1. The number of benzene rings is 1. The zero-order valence-electron chi connectivity index (χ0n) is 12.7. The highest BCUT2D eigenvalue weighted by Crippen LogP contribution is 2.30. The lowest BCUT2D eigenvalue weighted by molar-refractivity contribution is -0.143. The Balaban J connectivity index is 2.46. The number of nitrogens with one attached hydrogen (secondary N) is 1. The average Bonchev–Trinajstić information content (AvgIpc) is 2.44. The van der Waals surface area contributed by atoms with Crippen molar-refractivity contribution in [2.45, 2.75) is 32.9 Å². The van der Waals surface area contributed by atoms with Gasteiger partial charge in [0.05, 0.1) is 17.7 Å². The summed E-state index contributed by atoms with van der Waals surface area (Å²) < 4.78 is 5.39. The second-order valence-corrected chi connectivity index (χ2v) is 5.69. The first-order chi connectivity index (χ1) is 9.91. The molecule has 0 saturated heterocycles. The summed E-state index contributed by atoms with van der Waals surface area (Å²) in [6.07, 6.45) is -0.159. The van der Waals surface area contributed by atoms with Crippen molar-refractivity contribution in [2.75, 3.05) is 7.05 Å². The number of esters is 1. The molecule has 1 N–H and O–H groups in total. The molecule has 0 saturated carbocycles. The summed E-state index contributed by atoms with van der Waals surface area (Å²) >= 11 is 5.34. The Bertz CT molecular complexity index is 581. The number of ether oxygens (including phenoxy) is 1. The average molecular weight is 304 g/mol. The predicted molar refractivity (Wildman–Crippen MR) is 86.6 cm³/mol. The van der Waals surface area contributed by atoms with E-state index in [0.29, 0.717) is 10.7 Å². The van der Waals surface area contributed by atoms with Gasteiger partial charge in [0.1, 0.15) is 0 Å². The van der Waals surface area contributed by atoms with E-state index in [1.54, 1.807) is 4.90 Å². The van der Waals surface area contributed by atoms with E-state index in [1.165, 1.54) is 0 Å². The van der Waals surface area contributed by atoms with Gasteiger partial charge in [0.15, 0.2) is 5.11 Å². The fourth-order valence-electron chi connectivity index (χ4n) is 2.27. The molecule has 5 heteroatoms. The lowest BCUT2D eigenvalue weighted by atomic mass is 9.95. The van der Waals surface area contributed by atoms with E-state index in [9.17, 15) is 4.79 Å². The maximum Gasteiger partial charge on any atom is 0.338 e. The van der Waals surface area contributed by atoms with Gasteiger partial charge < -0.3 is 15.0 Å². The molecule has 2 rings (SSSR count). The molecule has 112 valence electrons. The molecule has 1 atom stereocenters. The van der Waals surface area contributed by atoms with Crippen LogP contribution in [0.1, 0.15) is 32.4 Å². The van der Waals surface area contributed by atoms with E-state index in [-0.39, 0.29) is 18.1 Å². The van der Waals surface area contributed by atoms with Crippen LogP contribution in [0.5, 0.6) is 0 Å². The Kier molecular flexibility index (Phi) is 4.63. The van der Waals surface area contributed by atoms with Gasteiger partial charge in [-0.3, -0.25) is 0 Å². The summed E-state index contributed by atoms with van der Waals surface area (Å²) in [5.41, 5.74) is 2.41. The van der Waals surface area contributed by atoms with Crippen molar-refractivity contribution in [3.63, 3.8) is 0 Å². The predicted octanol–water partition coefficient (Wildman–Crippen LogP) is 2.77. The summed E-state index contributed by atoms with van der Waals surface area (Å²) in [6, 6.07) is 9.50. The molecular weight excluding hydrogens is 284 g/mol. The highest BCUT2D eigenvalue weighted by Gasteiger charge is 2.33. The number of thiocarbonyl (C=S) groups is 1. The molecule has 1 aliphatic rings. The molecule has 0 aromatic heterocycles. The second kappa shape index (κ2) is 6.26. The zero-order valence-corrected chi connectivity index (χ0v) is 13.5. The lowest BCUT2D eigenvalue weighted by Crippen LogP contribution is -2.46.